The molecule has 0 radical (unpaired) electrons. The summed E-state index contributed by atoms with van der Waals surface area (Å²) >= 11 is 0. The van der Waals surface area contributed by atoms with Gasteiger partial charge in [0, 0.05) is 11.8 Å². The van der Waals surface area contributed by atoms with Crippen LogP contribution in [0.2, 0.25) is 0 Å². The number of aldehydes is 1. The average molecular weight is 240 g/mol. The van der Waals surface area contributed by atoms with Crippen LogP contribution in [-0.4, -0.2) is 16.1 Å². The number of rotatable bonds is 3. The van der Waals surface area contributed by atoms with Crippen LogP contribution in [0.15, 0.2) is 30.5 Å². The van der Waals surface area contributed by atoms with Crippen LogP contribution in [0.1, 0.15) is 16.9 Å². The molecule has 0 fully saturated rings. The average Bonchev–Trinajstić information content (AvgIpc) is 2.78. The summed E-state index contributed by atoms with van der Waals surface area (Å²) in [4.78, 5) is 10.4. The highest BCUT2D eigenvalue weighted by Crippen LogP contribution is 2.21. The fraction of sp³-hybridized carbons (Fsp3) is 0.0909. The lowest BCUT2D eigenvalue weighted by Crippen LogP contribution is -1.98. The van der Waals surface area contributed by atoms with Crippen LogP contribution in [0.4, 0.5) is 13.2 Å². The Hall–Kier alpha value is -2.11. The fourth-order valence-corrected chi connectivity index (χ4v) is 1.38. The van der Waals surface area contributed by atoms with E-state index in [-0.39, 0.29) is 11.3 Å². The van der Waals surface area contributed by atoms with Crippen molar-refractivity contribution >= 4 is 6.29 Å². The van der Waals surface area contributed by atoms with E-state index in [0.717, 1.165) is 12.3 Å². The monoisotopic (exact) mass is 240 g/mol. The summed E-state index contributed by atoms with van der Waals surface area (Å²) in [5, 5.41) is 3.59. The van der Waals surface area contributed by atoms with Crippen LogP contribution in [0.25, 0.3) is 11.3 Å². The highest BCUT2D eigenvalue weighted by Gasteiger charge is 2.10. The number of aromatic nitrogens is 2. The summed E-state index contributed by atoms with van der Waals surface area (Å²) in [5.41, 5.74) is 0.483. The fourth-order valence-electron chi connectivity index (χ4n) is 1.38. The van der Waals surface area contributed by atoms with Gasteiger partial charge in [-0.25, -0.2) is 9.07 Å². The number of hydrogen-bond acceptors (Lipinski definition) is 2. The molecule has 0 bridgehead atoms. The SMILES string of the molecule is O=Cc1ccc(-c2ccn(C(F)F)n2)cc1F. The first kappa shape index (κ1) is 11.4. The lowest BCUT2D eigenvalue weighted by molar-refractivity contribution is 0.0568. The molecule has 88 valence electrons. The van der Waals surface area contributed by atoms with Crippen molar-refractivity contribution < 1.29 is 18.0 Å². The summed E-state index contributed by atoms with van der Waals surface area (Å²) in [5.74, 6) is -0.705. The van der Waals surface area contributed by atoms with Gasteiger partial charge in [0.15, 0.2) is 6.29 Å². The third kappa shape index (κ3) is 2.20. The molecule has 1 aromatic carbocycles. The van der Waals surface area contributed by atoms with E-state index in [1.165, 1.54) is 18.2 Å². The maximum Gasteiger partial charge on any atom is 0.333 e. The molecule has 6 heteroatoms. The molecule has 0 N–H and O–H groups in total. The topological polar surface area (TPSA) is 34.9 Å². The van der Waals surface area contributed by atoms with E-state index in [2.05, 4.69) is 5.10 Å². The molecule has 0 aliphatic heterocycles. The van der Waals surface area contributed by atoms with Crippen molar-refractivity contribution in [1.82, 2.24) is 9.78 Å². The minimum absolute atomic E-state index is 0.0814. The maximum absolute atomic E-state index is 13.3. The lowest BCUT2D eigenvalue weighted by atomic mass is 10.1. The number of nitrogens with zero attached hydrogens (tertiary/aromatic N) is 2. The Morgan fingerprint density at radius 3 is 2.59 bits per heavy atom. The van der Waals surface area contributed by atoms with Crippen LogP contribution in [0.3, 0.4) is 0 Å². The predicted molar refractivity (Wildman–Crippen MR) is 54.3 cm³/mol. The molecule has 1 aromatic heterocycles. The third-order valence-electron chi connectivity index (χ3n) is 2.23. The predicted octanol–water partition coefficient (Wildman–Crippen LogP) is 2.90. The van der Waals surface area contributed by atoms with Crippen LogP contribution < -0.4 is 0 Å². The second-order valence-corrected chi connectivity index (χ2v) is 3.31. The number of carbonyl (C=O) groups excluding carboxylic acids is 1. The van der Waals surface area contributed by atoms with E-state index in [1.807, 2.05) is 0 Å². The first-order valence-electron chi connectivity index (χ1n) is 4.70. The van der Waals surface area contributed by atoms with E-state index in [4.69, 9.17) is 0 Å². The summed E-state index contributed by atoms with van der Waals surface area (Å²) < 4.78 is 38.3. The Morgan fingerprint density at radius 2 is 2.06 bits per heavy atom. The minimum atomic E-state index is -2.73. The van der Waals surface area contributed by atoms with E-state index < -0.39 is 12.4 Å². The first-order chi connectivity index (χ1) is 8.11. The second kappa shape index (κ2) is 4.40. The molecule has 0 unspecified atom stereocenters. The zero-order valence-electron chi connectivity index (χ0n) is 8.48. The van der Waals surface area contributed by atoms with E-state index >= 15 is 0 Å². The second-order valence-electron chi connectivity index (χ2n) is 3.31. The van der Waals surface area contributed by atoms with Crippen molar-refractivity contribution in [2.24, 2.45) is 0 Å². The molecule has 2 aromatic rings. The normalized spacial score (nSPS) is 10.8. The molecule has 17 heavy (non-hydrogen) atoms. The van der Waals surface area contributed by atoms with E-state index in [1.54, 1.807) is 0 Å². The Bertz CT molecular complexity index is 551. The molecule has 0 spiro atoms. The Labute approximate surface area is 94.5 Å². The molecule has 2 rings (SSSR count). The van der Waals surface area contributed by atoms with Crippen molar-refractivity contribution in [3.05, 3.63) is 41.8 Å². The van der Waals surface area contributed by atoms with Gasteiger partial charge in [-0.05, 0) is 18.2 Å². The number of alkyl halides is 2. The number of carbonyl (C=O) groups is 1. The van der Waals surface area contributed by atoms with Gasteiger partial charge < -0.3 is 0 Å². The van der Waals surface area contributed by atoms with Crippen molar-refractivity contribution in [1.29, 1.82) is 0 Å². The molecule has 0 saturated heterocycles. The largest absolute Gasteiger partial charge is 0.333 e. The lowest BCUT2D eigenvalue weighted by Gasteiger charge is -2.00. The van der Waals surface area contributed by atoms with Gasteiger partial charge in [0.25, 0.3) is 0 Å². The van der Waals surface area contributed by atoms with Crippen molar-refractivity contribution in [2.75, 3.05) is 0 Å². The van der Waals surface area contributed by atoms with Crippen molar-refractivity contribution in [3.8, 4) is 11.3 Å². The molecular weight excluding hydrogens is 233 g/mol. The van der Waals surface area contributed by atoms with Gasteiger partial charge in [0.1, 0.15) is 5.82 Å². The minimum Gasteiger partial charge on any atom is -0.298 e. The molecule has 0 aliphatic rings. The number of hydrogen-bond donors (Lipinski definition) is 0. The molecule has 0 aliphatic carbocycles. The summed E-state index contributed by atoms with van der Waals surface area (Å²) in [6.07, 6.45) is 1.49. The number of halogens is 3. The maximum atomic E-state index is 13.3. The van der Waals surface area contributed by atoms with Gasteiger partial charge in [-0.15, -0.1) is 0 Å². The Balaban J connectivity index is 2.39. The smallest absolute Gasteiger partial charge is 0.298 e. The zero-order valence-corrected chi connectivity index (χ0v) is 8.48. The molecule has 3 nitrogen and oxygen atoms in total. The molecule has 1 heterocycles. The Morgan fingerprint density at radius 1 is 1.29 bits per heavy atom. The summed E-state index contributed by atoms with van der Waals surface area (Å²) in [6.45, 7) is -2.73. The quantitative estimate of drug-likeness (QED) is 0.773. The van der Waals surface area contributed by atoms with E-state index in [0.29, 0.717) is 16.5 Å². The van der Waals surface area contributed by atoms with Crippen molar-refractivity contribution in [3.63, 3.8) is 0 Å². The zero-order chi connectivity index (χ0) is 12.4. The number of benzene rings is 1. The highest BCUT2D eigenvalue weighted by atomic mass is 19.3. The first-order valence-corrected chi connectivity index (χ1v) is 4.70. The summed E-state index contributed by atoms with van der Waals surface area (Å²) in [6, 6.07) is 5.16. The third-order valence-corrected chi connectivity index (χ3v) is 2.23. The van der Waals surface area contributed by atoms with Gasteiger partial charge >= 0.3 is 6.55 Å². The van der Waals surface area contributed by atoms with Gasteiger partial charge in [0.05, 0.1) is 11.3 Å². The van der Waals surface area contributed by atoms with Crippen molar-refractivity contribution in [2.45, 2.75) is 6.55 Å². The summed E-state index contributed by atoms with van der Waals surface area (Å²) in [7, 11) is 0. The van der Waals surface area contributed by atoms with Gasteiger partial charge in [-0.2, -0.15) is 13.9 Å². The van der Waals surface area contributed by atoms with E-state index in [9.17, 15) is 18.0 Å². The van der Waals surface area contributed by atoms with Crippen LogP contribution in [0.5, 0.6) is 0 Å². The standard InChI is InChI=1S/C11H7F3N2O/c12-9-5-7(1-2-8(9)6-17)10-3-4-16(15-10)11(13)14/h1-6,11H. The van der Waals surface area contributed by atoms with Gasteiger partial charge in [0.2, 0.25) is 0 Å². The van der Waals surface area contributed by atoms with Crippen LogP contribution in [-0.2, 0) is 0 Å². The molecule has 0 saturated carbocycles. The Kier molecular flexibility index (Phi) is 2.95. The molecular formula is C11H7F3N2O. The van der Waals surface area contributed by atoms with Gasteiger partial charge in [-0.3, -0.25) is 4.79 Å². The van der Waals surface area contributed by atoms with Crippen LogP contribution >= 0.6 is 0 Å². The molecule has 0 amide bonds. The van der Waals surface area contributed by atoms with Crippen LogP contribution in [0, 0.1) is 5.82 Å². The van der Waals surface area contributed by atoms with Gasteiger partial charge in [-0.1, -0.05) is 6.07 Å². The highest BCUT2D eigenvalue weighted by molar-refractivity contribution is 5.76. The molecule has 0 atom stereocenters.